The fourth-order valence-corrected chi connectivity index (χ4v) is 1.96. The number of aliphatic hydroxyl groups excluding tert-OH is 1. The molecule has 4 nitrogen and oxygen atoms in total. The topological polar surface area (TPSA) is 61.4 Å². The molecule has 0 heterocycles. The molecule has 0 fully saturated rings. The van der Waals surface area contributed by atoms with Gasteiger partial charge in [-0.15, -0.1) is 0 Å². The third-order valence-corrected chi connectivity index (χ3v) is 3.25. The van der Waals surface area contributed by atoms with Crippen molar-refractivity contribution in [1.29, 1.82) is 0 Å². The van der Waals surface area contributed by atoms with Gasteiger partial charge >= 0.3 is 6.03 Å². The number of hydrogen-bond acceptors (Lipinski definition) is 2. The molecule has 0 aliphatic carbocycles. The molecule has 2 aromatic carbocycles. The minimum Gasteiger partial charge on any atom is -0.389 e. The van der Waals surface area contributed by atoms with Gasteiger partial charge in [0.05, 0.1) is 6.10 Å². The number of anilines is 1. The van der Waals surface area contributed by atoms with Crippen LogP contribution in [-0.4, -0.2) is 11.1 Å². The Morgan fingerprint density at radius 3 is 2.62 bits per heavy atom. The second-order valence-corrected chi connectivity index (χ2v) is 5.17. The van der Waals surface area contributed by atoms with Crippen LogP contribution in [0.15, 0.2) is 48.5 Å². The zero-order chi connectivity index (χ0) is 15.2. The molecule has 2 amide bonds. The first kappa shape index (κ1) is 15.4. The maximum absolute atomic E-state index is 11.8. The summed E-state index contributed by atoms with van der Waals surface area (Å²) in [5, 5.41) is 15.7. The third kappa shape index (κ3) is 4.77. The van der Waals surface area contributed by atoms with Crippen molar-refractivity contribution in [2.45, 2.75) is 19.6 Å². The van der Waals surface area contributed by atoms with Crippen LogP contribution in [0, 0.1) is 0 Å². The highest BCUT2D eigenvalue weighted by Gasteiger charge is 2.05. The predicted molar refractivity (Wildman–Crippen MR) is 84.4 cm³/mol. The smallest absolute Gasteiger partial charge is 0.319 e. The van der Waals surface area contributed by atoms with Crippen molar-refractivity contribution in [2.75, 3.05) is 5.32 Å². The lowest BCUT2D eigenvalue weighted by Gasteiger charge is -2.10. The molecule has 2 rings (SSSR count). The number of carbonyl (C=O) groups is 1. The van der Waals surface area contributed by atoms with E-state index in [1.165, 1.54) is 0 Å². The molecule has 5 heteroatoms. The van der Waals surface area contributed by atoms with Gasteiger partial charge in [0.25, 0.3) is 0 Å². The molecule has 0 spiro atoms. The molecule has 110 valence electrons. The van der Waals surface area contributed by atoms with Gasteiger partial charge in [-0.05, 0) is 42.3 Å². The highest BCUT2D eigenvalue weighted by molar-refractivity contribution is 6.30. The molecule has 21 heavy (non-hydrogen) atoms. The first-order valence-corrected chi connectivity index (χ1v) is 7.00. The third-order valence-electron chi connectivity index (χ3n) is 2.99. The molecular weight excluding hydrogens is 288 g/mol. The number of hydrogen-bond donors (Lipinski definition) is 3. The van der Waals surface area contributed by atoms with Gasteiger partial charge in [-0.3, -0.25) is 0 Å². The highest BCUT2D eigenvalue weighted by Crippen LogP contribution is 2.16. The number of aliphatic hydroxyl groups is 1. The Morgan fingerprint density at radius 1 is 1.24 bits per heavy atom. The minimum absolute atomic E-state index is 0.298. The summed E-state index contributed by atoms with van der Waals surface area (Å²) in [6.07, 6.45) is -0.566. The number of carbonyl (C=O) groups excluding carboxylic acids is 1. The summed E-state index contributed by atoms with van der Waals surface area (Å²) < 4.78 is 0. The standard InChI is InChI=1S/C16H17ClN2O2/c1-11(20)13-3-2-4-15(9-13)19-16(21)18-10-12-5-7-14(17)8-6-12/h2-9,11,20H,10H2,1H3,(H2,18,19,21). The number of rotatable bonds is 4. The molecule has 3 N–H and O–H groups in total. The number of urea groups is 1. The lowest BCUT2D eigenvalue weighted by atomic mass is 10.1. The van der Waals surface area contributed by atoms with Gasteiger partial charge in [-0.1, -0.05) is 35.9 Å². The van der Waals surface area contributed by atoms with E-state index in [1.807, 2.05) is 18.2 Å². The maximum atomic E-state index is 11.8. The zero-order valence-corrected chi connectivity index (χ0v) is 12.4. The molecular formula is C16H17ClN2O2. The fraction of sp³-hybridized carbons (Fsp3) is 0.188. The second kappa shape index (κ2) is 7.11. The number of halogens is 1. The first-order valence-electron chi connectivity index (χ1n) is 6.62. The van der Waals surface area contributed by atoms with E-state index in [0.29, 0.717) is 17.3 Å². The summed E-state index contributed by atoms with van der Waals surface area (Å²) in [7, 11) is 0. The fourth-order valence-electron chi connectivity index (χ4n) is 1.84. The van der Waals surface area contributed by atoms with Crippen LogP contribution in [0.4, 0.5) is 10.5 Å². The molecule has 0 radical (unpaired) electrons. The molecule has 1 atom stereocenters. The maximum Gasteiger partial charge on any atom is 0.319 e. The van der Waals surface area contributed by atoms with Crippen LogP contribution >= 0.6 is 11.6 Å². The average molecular weight is 305 g/mol. The molecule has 0 saturated heterocycles. The normalized spacial score (nSPS) is 11.8. The summed E-state index contributed by atoms with van der Waals surface area (Å²) in [5.41, 5.74) is 2.36. The Kier molecular flexibility index (Phi) is 5.20. The van der Waals surface area contributed by atoms with Crippen molar-refractivity contribution in [3.8, 4) is 0 Å². The van der Waals surface area contributed by atoms with Crippen LogP contribution in [0.3, 0.4) is 0 Å². The number of nitrogens with one attached hydrogen (secondary N) is 2. The second-order valence-electron chi connectivity index (χ2n) is 4.74. The van der Waals surface area contributed by atoms with Crippen molar-refractivity contribution in [2.24, 2.45) is 0 Å². The Hall–Kier alpha value is -2.04. The SMILES string of the molecule is CC(O)c1cccc(NC(=O)NCc2ccc(Cl)cc2)c1. The molecule has 0 aromatic heterocycles. The van der Waals surface area contributed by atoms with E-state index in [9.17, 15) is 9.90 Å². The summed E-state index contributed by atoms with van der Waals surface area (Å²) in [5.74, 6) is 0. The Labute approximate surface area is 128 Å². The quantitative estimate of drug-likeness (QED) is 0.806. The molecule has 1 unspecified atom stereocenters. The van der Waals surface area contributed by atoms with E-state index in [0.717, 1.165) is 11.1 Å². The van der Waals surface area contributed by atoms with E-state index in [-0.39, 0.29) is 6.03 Å². The molecule has 0 saturated carbocycles. The van der Waals surface area contributed by atoms with Crippen LogP contribution < -0.4 is 10.6 Å². The Balaban J connectivity index is 1.89. The van der Waals surface area contributed by atoms with Gasteiger partial charge in [0.15, 0.2) is 0 Å². The zero-order valence-electron chi connectivity index (χ0n) is 11.6. The van der Waals surface area contributed by atoms with Crippen LogP contribution in [-0.2, 0) is 6.54 Å². The van der Waals surface area contributed by atoms with Crippen LogP contribution in [0.5, 0.6) is 0 Å². The van der Waals surface area contributed by atoms with Crippen molar-refractivity contribution in [3.05, 3.63) is 64.7 Å². The van der Waals surface area contributed by atoms with E-state index in [1.54, 1.807) is 37.3 Å². The van der Waals surface area contributed by atoms with E-state index in [4.69, 9.17) is 11.6 Å². The monoisotopic (exact) mass is 304 g/mol. The number of amides is 2. The Bertz CT molecular complexity index is 612. The molecule has 0 bridgehead atoms. The Morgan fingerprint density at radius 2 is 1.95 bits per heavy atom. The van der Waals surface area contributed by atoms with Gasteiger partial charge in [0.1, 0.15) is 0 Å². The van der Waals surface area contributed by atoms with Crippen LogP contribution in [0.1, 0.15) is 24.2 Å². The lowest BCUT2D eigenvalue weighted by molar-refractivity contribution is 0.199. The highest BCUT2D eigenvalue weighted by atomic mass is 35.5. The van der Waals surface area contributed by atoms with Gasteiger partial charge in [0, 0.05) is 17.3 Å². The lowest BCUT2D eigenvalue weighted by Crippen LogP contribution is -2.28. The van der Waals surface area contributed by atoms with Gasteiger partial charge in [-0.2, -0.15) is 0 Å². The first-order chi connectivity index (χ1) is 10.0. The van der Waals surface area contributed by atoms with Crippen molar-refractivity contribution in [3.63, 3.8) is 0 Å². The average Bonchev–Trinajstić information content (AvgIpc) is 2.47. The molecule has 0 aliphatic rings. The summed E-state index contributed by atoms with van der Waals surface area (Å²) >= 11 is 5.80. The van der Waals surface area contributed by atoms with E-state index < -0.39 is 6.10 Å². The van der Waals surface area contributed by atoms with Crippen LogP contribution in [0.25, 0.3) is 0 Å². The predicted octanol–water partition coefficient (Wildman–Crippen LogP) is 3.72. The van der Waals surface area contributed by atoms with Crippen LogP contribution in [0.2, 0.25) is 5.02 Å². The summed E-state index contributed by atoms with van der Waals surface area (Å²) in [6, 6.07) is 14.1. The largest absolute Gasteiger partial charge is 0.389 e. The van der Waals surface area contributed by atoms with Gasteiger partial charge < -0.3 is 15.7 Å². The van der Waals surface area contributed by atoms with E-state index >= 15 is 0 Å². The molecule has 2 aromatic rings. The number of benzene rings is 2. The van der Waals surface area contributed by atoms with Crippen molar-refractivity contribution in [1.82, 2.24) is 5.32 Å². The van der Waals surface area contributed by atoms with Gasteiger partial charge in [0.2, 0.25) is 0 Å². The van der Waals surface area contributed by atoms with E-state index in [2.05, 4.69) is 10.6 Å². The summed E-state index contributed by atoms with van der Waals surface area (Å²) in [4.78, 5) is 11.8. The van der Waals surface area contributed by atoms with Gasteiger partial charge in [-0.25, -0.2) is 4.79 Å². The van der Waals surface area contributed by atoms with Crippen molar-refractivity contribution >= 4 is 23.3 Å². The summed E-state index contributed by atoms with van der Waals surface area (Å²) in [6.45, 7) is 2.10. The van der Waals surface area contributed by atoms with Crippen molar-refractivity contribution < 1.29 is 9.90 Å². The molecule has 0 aliphatic heterocycles. The minimum atomic E-state index is -0.566.